The second kappa shape index (κ2) is 4.78. The summed E-state index contributed by atoms with van der Waals surface area (Å²) in [6.07, 6.45) is 0.440. The molecule has 3 rings (SSSR count). The topological polar surface area (TPSA) is 38.8 Å². The lowest BCUT2D eigenvalue weighted by molar-refractivity contribution is -0.143. The fraction of sp³-hybridized carbons (Fsp3) is 0.267. The van der Waals surface area contributed by atoms with Crippen molar-refractivity contribution in [2.75, 3.05) is 13.2 Å². The summed E-state index contributed by atoms with van der Waals surface area (Å²) in [6, 6.07) is 14.0. The van der Waals surface area contributed by atoms with Crippen LogP contribution >= 0.6 is 0 Å². The van der Waals surface area contributed by atoms with Crippen LogP contribution in [-0.2, 0) is 20.7 Å². The van der Waals surface area contributed by atoms with Gasteiger partial charge in [0.05, 0.1) is 13.0 Å². The molecule has 0 N–H and O–H groups in total. The Morgan fingerprint density at radius 3 is 2.83 bits per heavy atom. The van der Waals surface area contributed by atoms with E-state index in [1.807, 2.05) is 42.5 Å². The average Bonchev–Trinajstić information content (AvgIpc) is 3.21. The van der Waals surface area contributed by atoms with E-state index < -0.39 is 0 Å². The normalized spacial score (nSPS) is 17.7. The lowest BCUT2D eigenvalue weighted by Crippen LogP contribution is -2.12. The first kappa shape index (κ1) is 11.2. The van der Waals surface area contributed by atoms with Gasteiger partial charge < -0.3 is 9.47 Å². The maximum atomic E-state index is 11.7. The lowest BCUT2D eigenvalue weighted by atomic mass is 10.0. The number of carbonyl (C=O) groups is 1. The molecular formula is C15H14O3. The van der Waals surface area contributed by atoms with Crippen LogP contribution in [0.2, 0.25) is 0 Å². The van der Waals surface area contributed by atoms with Gasteiger partial charge in [-0.25, -0.2) is 0 Å². The van der Waals surface area contributed by atoms with Gasteiger partial charge in [0.15, 0.2) is 0 Å². The first-order valence-corrected chi connectivity index (χ1v) is 6.07. The standard InChI is InChI=1S/C15H14O3/c16-15(18-10-13-9-17-13)8-12-6-3-5-11-4-1-2-7-14(11)12/h1-7,13H,8-10H2. The Morgan fingerprint density at radius 2 is 2.00 bits per heavy atom. The Labute approximate surface area is 105 Å². The summed E-state index contributed by atoms with van der Waals surface area (Å²) in [5.74, 6) is -0.193. The highest BCUT2D eigenvalue weighted by atomic mass is 16.6. The van der Waals surface area contributed by atoms with Crippen molar-refractivity contribution in [2.45, 2.75) is 12.5 Å². The van der Waals surface area contributed by atoms with Crippen LogP contribution in [0.1, 0.15) is 5.56 Å². The summed E-state index contributed by atoms with van der Waals surface area (Å²) in [4.78, 5) is 11.7. The zero-order chi connectivity index (χ0) is 12.4. The Morgan fingerprint density at radius 1 is 1.22 bits per heavy atom. The van der Waals surface area contributed by atoms with Gasteiger partial charge in [0.2, 0.25) is 0 Å². The number of carbonyl (C=O) groups excluding carboxylic acids is 1. The molecule has 1 atom stereocenters. The third-order valence-corrected chi connectivity index (χ3v) is 3.05. The van der Waals surface area contributed by atoms with E-state index in [2.05, 4.69) is 0 Å². The van der Waals surface area contributed by atoms with Crippen LogP contribution in [0.25, 0.3) is 10.8 Å². The second-order valence-corrected chi connectivity index (χ2v) is 4.45. The van der Waals surface area contributed by atoms with Crippen molar-refractivity contribution in [1.29, 1.82) is 0 Å². The first-order valence-electron chi connectivity index (χ1n) is 6.07. The van der Waals surface area contributed by atoms with Crippen molar-refractivity contribution in [3.63, 3.8) is 0 Å². The van der Waals surface area contributed by atoms with Crippen LogP contribution in [0.3, 0.4) is 0 Å². The van der Waals surface area contributed by atoms with Gasteiger partial charge >= 0.3 is 5.97 Å². The van der Waals surface area contributed by atoms with Crippen molar-refractivity contribution in [1.82, 2.24) is 0 Å². The molecule has 2 aromatic rings. The van der Waals surface area contributed by atoms with E-state index in [1.54, 1.807) is 0 Å². The molecule has 2 aromatic carbocycles. The molecule has 3 heteroatoms. The van der Waals surface area contributed by atoms with Crippen LogP contribution in [0.15, 0.2) is 42.5 Å². The molecule has 0 radical (unpaired) electrons. The molecule has 1 fully saturated rings. The molecule has 0 spiro atoms. The van der Waals surface area contributed by atoms with Gasteiger partial charge in [0.1, 0.15) is 12.7 Å². The van der Waals surface area contributed by atoms with E-state index in [0.29, 0.717) is 19.6 Å². The maximum absolute atomic E-state index is 11.7. The van der Waals surface area contributed by atoms with Gasteiger partial charge in [-0.2, -0.15) is 0 Å². The highest BCUT2D eigenvalue weighted by molar-refractivity contribution is 5.88. The smallest absolute Gasteiger partial charge is 0.310 e. The number of fused-ring (bicyclic) bond motifs is 1. The molecular weight excluding hydrogens is 228 g/mol. The molecule has 0 amide bonds. The lowest BCUT2D eigenvalue weighted by Gasteiger charge is -2.06. The number of benzene rings is 2. The van der Waals surface area contributed by atoms with Crippen LogP contribution in [0.5, 0.6) is 0 Å². The highest BCUT2D eigenvalue weighted by Crippen LogP contribution is 2.19. The summed E-state index contributed by atoms with van der Waals surface area (Å²) < 4.78 is 10.2. The van der Waals surface area contributed by atoms with Gasteiger partial charge in [-0.3, -0.25) is 4.79 Å². The Kier molecular flexibility index (Phi) is 2.99. The minimum atomic E-state index is -0.193. The molecule has 1 saturated heterocycles. The van der Waals surface area contributed by atoms with Crippen LogP contribution in [0.4, 0.5) is 0 Å². The number of epoxide rings is 1. The van der Waals surface area contributed by atoms with Crippen molar-refractivity contribution < 1.29 is 14.3 Å². The third kappa shape index (κ3) is 2.51. The van der Waals surface area contributed by atoms with Gasteiger partial charge in [0.25, 0.3) is 0 Å². The molecule has 1 aliphatic rings. The number of esters is 1. The molecule has 3 nitrogen and oxygen atoms in total. The number of ether oxygens (including phenoxy) is 2. The molecule has 0 aromatic heterocycles. The van der Waals surface area contributed by atoms with Crippen LogP contribution in [-0.4, -0.2) is 25.3 Å². The molecule has 1 aliphatic heterocycles. The second-order valence-electron chi connectivity index (χ2n) is 4.45. The minimum absolute atomic E-state index is 0.126. The number of hydrogen-bond donors (Lipinski definition) is 0. The fourth-order valence-corrected chi connectivity index (χ4v) is 2.00. The van der Waals surface area contributed by atoms with E-state index in [1.165, 1.54) is 0 Å². The minimum Gasteiger partial charge on any atom is -0.463 e. The Balaban J connectivity index is 1.74. The van der Waals surface area contributed by atoms with E-state index in [4.69, 9.17) is 9.47 Å². The third-order valence-electron chi connectivity index (χ3n) is 3.05. The molecule has 1 heterocycles. The van der Waals surface area contributed by atoms with E-state index in [-0.39, 0.29) is 12.1 Å². The van der Waals surface area contributed by atoms with Crippen LogP contribution in [0, 0.1) is 0 Å². The summed E-state index contributed by atoms with van der Waals surface area (Å²) >= 11 is 0. The van der Waals surface area contributed by atoms with Gasteiger partial charge in [-0.15, -0.1) is 0 Å². The first-order chi connectivity index (χ1) is 8.83. The SMILES string of the molecule is O=C(Cc1cccc2ccccc12)OCC1CO1. The zero-order valence-electron chi connectivity index (χ0n) is 9.96. The van der Waals surface area contributed by atoms with Crippen molar-refractivity contribution in [2.24, 2.45) is 0 Å². The summed E-state index contributed by atoms with van der Waals surface area (Å²) in [7, 11) is 0. The predicted octanol–water partition coefficient (Wildman–Crippen LogP) is 2.32. The molecule has 0 bridgehead atoms. The molecule has 92 valence electrons. The largest absolute Gasteiger partial charge is 0.463 e. The molecule has 18 heavy (non-hydrogen) atoms. The number of rotatable bonds is 4. The van der Waals surface area contributed by atoms with Gasteiger partial charge in [0, 0.05) is 0 Å². The quantitative estimate of drug-likeness (QED) is 0.610. The van der Waals surface area contributed by atoms with E-state index in [9.17, 15) is 4.79 Å². The van der Waals surface area contributed by atoms with Crippen molar-refractivity contribution in [3.8, 4) is 0 Å². The average molecular weight is 242 g/mol. The Bertz CT molecular complexity index is 567. The van der Waals surface area contributed by atoms with Gasteiger partial charge in [-0.05, 0) is 16.3 Å². The summed E-state index contributed by atoms with van der Waals surface area (Å²) in [6.45, 7) is 1.09. The van der Waals surface area contributed by atoms with Crippen LogP contribution < -0.4 is 0 Å². The summed E-state index contributed by atoms with van der Waals surface area (Å²) in [5, 5.41) is 2.26. The van der Waals surface area contributed by atoms with Gasteiger partial charge in [-0.1, -0.05) is 42.5 Å². The highest BCUT2D eigenvalue weighted by Gasteiger charge is 2.24. The van der Waals surface area contributed by atoms with E-state index >= 15 is 0 Å². The van der Waals surface area contributed by atoms with Crippen molar-refractivity contribution in [3.05, 3.63) is 48.0 Å². The predicted molar refractivity (Wildman–Crippen MR) is 68.4 cm³/mol. The molecule has 0 saturated carbocycles. The van der Waals surface area contributed by atoms with E-state index in [0.717, 1.165) is 16.3 Å². The monoisotopic (exact) mass is 242 g/mol. The fourth-order valence-electron chi connectivity index (χ4n) is 2.00. The molecule has 1 unspecified atom stereocenters. The number of hydrogen-bond acceptors (Lipinski definition) is 3. The summed E-state index contributed by atoms with van der Waals surface area (Å²) in [5.41, 5.74) is 1.01. The zero-order valence-corrected chi connectivity index (χ0v) is 9.96. The Hall–Kier alpha value is -1.87. The maximum Gasteiger partial charge on any atom is 0.310 e. The molecule has 0 aliphatic carbocycles. The van der Waals surface area contributed by atoms with Crippen molar-refractivity contribution >= 4 is 16.7 Å².